The molecule has 2 heterocycles. The van der Waals surface area contributed by atoms with Gasteiger partial charge in [-0.25, -0.2) is 4.98 Å². The van der Waals surface area contributed by atoms with Gasteiger partial charge >= 0.3 is 0 Å². The van der Waals surface area contributed by atoms with E-state index >= 15 is 0 Å². The highest BCUT2D eigenvalue weighted by molar-refractivity contribution is 6.38. The molecule has 0 bridgehead atoms. The average Bonchev–Trinajstić information content (AvgIpc) is 3.35. The Balaban J connectivity index is 1.33. The summed E-state index contributed by atoms with van der Waals surface area (Å²) in [5, 5.41) is 12.8. The van der Waals surface area contributed by atoms with Crippen molar-refractivity contribution < 1.29 is 19.2 Å². The summed E-state index contributed by atoms with van der Waals surface area (Å²) >= 11 is 13.3. The Labute approximate surface area is 263 Å². The number of ether oxygens (including phenoxy) is 1. The van der Waals surface area contributed by atoms with Crippen LogP contribution in [0.4, 0.5) is 11.4 Å². The van der Waals surface area contributed by atoms with Crippen LogP contribution in [0.15, 0.2) is 72.8 Å². The molecule has 44 heavy (non-hydrogen) atoms. The highest BCUT2D eigenvalue weighted by atomic mass is 35.5. The second kappa shape index (κ2) is 12.5. The number of amides is 1. The van der Waals surface area contributed by atoms with Crippen molar-refractivity contribution in [1.82, 2.24) is 9.55 Å². The first kappa shape index (κ1) is 30.7. The first-order valence-corrected chi connectivity index (χ1v) is 14.4. The Bertz CT molecular complexity index is 1950. The van der Waals surface area contributed by atoms with Crippen LogP contribution >= 0.6 is 23.2 Å². The third kappa shape index (κ3) is 6.02. The fourth-order valence-electron chi connectivity index (χ4n) is 4.98. The molecule has 0 aliphatic heterocycles. The Morgan fingerprint density at radius 3 is 2.52 bits per heavy atom. The number of hydrogen-bond acceptors (Lipinski definition) is 6. The van der Waals surface area contributed by atoms with Crippen molar-refractivity contribution in [2.45, 2.75) is 26.9 Å². The predicted molar refractivity (Wildman–Crippen MR) is 171 cm³/mol. The number of likely N-dealkylation sites (N-methyl/N-ethyl adjacent to an activating group) is 1. The molecule has 224 valence electrons. The third-order valence-electron chi connectivity index (χ3n) is 7.54. The highest BCUT2D eigenvalue weighted by Crippen LogP contribution is 2.35. The summed E-state index contributed by atoms with van der Waals surface area (Å²) in [6.07, 6.45) is -0.00855. The van der Waals surface area contributed by atoms with E-state index < -0.39 is 4.92 Å². The molecule has 0 aliphatic carbocycles. The lowest BCUT2D eigenvalue weighted by Gasteiger charge is -2.21. The maximum atomic E-state index is 13.4. The number of pyridine rings is 1. The Morgan fingerprint density at radius 2 is 1.80 bits per heavy atom. The van der Waals surface area contributed by atoms with E-state index in [1.807, 2.05) is 37.3 Å². The number of nitro benzene ring substituents is 1. The molecule has 0 spiro atoms. The number of fused-ring (bicyclic) bond motifs is 1. The third-order valence-corrected chi connectivity index (χ3v) is 8.32. The number of carbonyl (C=O) groups is 2. The van der Waals surface area contributed by atoms with Gasteiger partial charge in [-0.15, -0.1) is 0 Å². The van der Waals surface area contributed by atoms with Gasteiger partial charge in [0.1, 0.15) is 17.9 Å². The van der Waals surface area contributed by atoms with Crippen molar-refractivity contribution >= 4 is 57.2 Å². The number of rotatable bonds is 9. The summed E-state index contributed by atoms with van der Waals surface area (Å²) in [7, 11) is 3.32. The van der Waals surface area contributed by atoms with Crippen LogP contribution in [-0.2, 0) is 24.9 Å². The molecule has 11 heteroatoms. The molecular weight excluding hydrogens is 603 g/mol. The number of ketones is 1. The van der Waals surface area contributed by atoms with Crippen molar-refractivity contribution in [3.8, 4) is 5.75 Å². The van der Waals surface area contributed by atoms with Gasteiger partial charge in [-0.3, -0.25) is 19.7 Å². The SMILES string of the molecule is Cc1ccc2cccc(OCc3c(Cl)ccc(N(C)C(=O)Cc4ccc(C(=O)c5ccc([N+](=O)[O-])c(C)c5)n4C)c3Cl)c2n1. The monoisotopic (exact) mass is 630 g/mol. The van der Waals surface area contributed by atoms with Crippen molar-refractivity contribution in [2.75, 3.05) is 11.9 Å². The lowest BCUT2D eigenvalue weighted by atomic mass is 10.0. The maximum Gasteiger partial charge on any atom is 0.272 e. The van der Waals surface area contributed by atoms with Crippen molar-refractivity contribution in [1.29, 1.82) is 0 Å². The standard InChI is InChI=1S/C33H28Cl2N4O5/c1-19-16-22(10-13-26(19)39(42)43)33(41)28-14-11-23(37(28)3)17-30(40)38(4)27-15-12-25(34)24(31(27)35)18-44-29-7-5-6-21-9-8-20(2)36-32(21)29/h5-16H,17-18H2,1-4H3. The van der Waals surface area contributed by atoms with E-state index in [1.165, 1.54) is 23.1 Å². The van der Waals surface area contributed by atoms with Crippen molar-refractivity contribution in [3.05, 3.63) is 127 Å². The van der Waals surface area contributed by atoms with Crippen LogP contribution in [-0.4, -0.2) is 33.2 Å². The summed E-state index contributed by atoms with van der Waals surface area (Å²) in [6.45, 7) is 3.56. The van der Waals surface area contributed by atoms with Crippen LogP contribution in [0.5, 0.6) is 5.75 Å². The smallest absolute Gasteiger partial charge is 0.272 e. The average molecular weight is 632 g/mol. The van der Waals surface area contributed by atoms with Gasteiger partial charge in [0.2, 0.25) is 11.7 Å². The molecule has 0 atom stereocenters. The molecule has 1 amide bonds. The summed E-state index contributed by atoms with van der Waals surface area (Å²) in [5.74, 6) is 0.0202. The first-order valence-electron chi connectivity index (χ1n) is 13.6. The molecule has 2 aromatic heterocycles. The fraction of sp³-hybridized carbons (Fsp3) is 0.182. The number of carbonyl (C=O) groups excluding carboxylic acids is 2. The number of anilines is 1. The van der Waals surface area contributed by atoms with E-state index in [2.05, 4.69) is 4.98 Å². The molecule has 5 aromatic rings. The van der Waals surface area contributed by atoms with Crippen LogP contribution < -0.4 is 9.64 Å². The number of halogens is 2. The van der Waals surface area contributed by atoms with Crippen LogP contribution in [0.1, 0.15) is 38.6 Å². The topological polar surface area (TPSA) is 108 Å². The maximum absolute atomic E-state index is 13.4. The number of aromatic nitrogens is 2. The molecular formula is C33H28Cl2N4O5. The minimum absolute atomic E-state index is 0.00855. The largest absolute Gasteiger partial charge is 0.487 e. The van der Waals surface area contributed by atoms with Gasteiger partial charge in [0, 0.05) is 58.6 Å². The summed E-state index contributed by atoms with van der Waals surface area (Å²) in [4.78, 5) is 43.3. The summed E-state index contributed by atoms with van der Waals surface area (Å²) in [6, 6.07) is 20.5. The lowest BCUT2D eigenvalue weighted by Crippen LogP contribution is -2.29. The van der Waals surface area contributed by atoms with E-state index in [0.717, 1.165) is 16.6 Å². The van der Waals surface area contributed by atoms with Crippen LogP contribution in [0.2, 0.25) is 10.0 Å². The Hall–Kier alpha value is -4.73. The minimum atomic E-state index is -0.488. The van der Waals surface area contributed by atoms with E-state index in [9.17, 15) is 19.7 Å². The second-order valence-electron chi connectivity index (χ2n) is 10.4. The zero-order chi connectivity index (χ0) is 31.7. The van der Waals surface area contributed by atoms with Gasteiger partial charge < -0.3 is 14.2 Å². The van der Waals surface area contributed by atoms with Crippen LogP contribution in [0.3, 0.4) is 0 Å². The fourth-order valence-corrected chi connectivity index (χ4v) is 5.58. The van der Waals surface area contributed by atoms with E-state index in [1.54, 1.807) is 49.9 Å². The molecule has 0 saturated carbocycles. The van der Waals surface area contributed by atoms with Crippen molar-refractivity contribution in [3.63, 3.8) is 0 Å². The molecule has 3 aromatic carbocycles. The quantitative estimate of drug-likeness (QED) is 0.0952. The van der Waals surface area contributed by atoms with Crippen LogP contribution in [0, 0.1) is 24.0 Å². The first-order chi connectivity index (χ1) is 21.0. The summed E-state index contributed by atoms with van der Waals surface area (Å²) < 4.78 is 7.76. The number of nitrogens with zero attached hydrogens (tertiary/aromatic N) is 4. The molecule has 9 nitrogen and oxygen atoms in total. The summed E-state index contributed by atoms with van der Waals surface area (Å²) in [5.41, 5.74) is 4.19. The van der Waals surface area contributed by atoms with Crippen LogP contribution in [0.25, 0.3) is 10.9 Å². The number of nitro groups is 1. The van der Waals surface area contributed by atoms with Gasteiger partial charge in [-0.1, -0.05) is 41.4 Å². The normalized spacial score (nSPS) is 11.0. The van der Waals surface area contributed by atoms with E-state index in [0.29, 0.717) is 44.5 Å². The molecule has 0 fully saturated rings. The highest BCUT2D eigenvalue weighted by Gasteiger charge is 2.22. The van der Waals surface area contributed by atoms with Gasteiger partial charge in [0.25, 0.3) is 5.69 Å². The van der Waals surface area contributed by atoms with Gasteiger partial charge in [0.05, 0.1) is 27.7 Å². The molecule has 0 unspecified atom stereocenters. The van der Waals surface area contributed by atoms with Gasteiger partial charge in [0.15, 0.2) is 0 Å². The number of para-hydroxylation sites is 1. The second-order valence-corrected chi connectivity index (χ2v) is 11.2. The number of aryl methyl sites for hydroxylation is 2. The predicted octanol–water partition coefficient (Wildman–Crippen LogP) is 7.42. The number of hydrogen-bond donors (Lipinski definition) is 0. The molecule has 0 saturated heterocycles. The molecule has 5 rings (SSSR count). The number of benzene rings is 3. The molecule has 0 aliphatic rings. The minimum Gasteiger partial charge on any atom is -0.487 e. The lowest BCUT2D eigenvalue weighted by molar-refractivity contribution is -0.385. The molecule has 0 N–H and O–H groups in total. The van der Waals surface area contributed by atoms with E-state index in [4.69, 9.17) is 27.9 Å². The Kier molecular flexibility index (Phi) is 8.71. The van der Waals surface area contributed by atoms with E-state index in [-0.39, 0.29) is 35.4 Å². The zero-order valence-corrected chi connectivity index (χ0v) is 25.9. The van der Waals surface area contributed by atoms with Gasteiger partial charge in [-0.05, 0) is 62.4 Å². The van der Waals surface area contributed by atoms with Gasteiger partial charge in [-0.2, -0.15) is 0 Å². The molecule has 0 radical (unpaired) electrons. The zero-order valence-electron chi connectivity index (χ0n) is 24.4. The Morgan fingerprint density at radius 1 is 1.02 bits per heavy atom. The van der Waals surface area contributed by atoms with Crippen molar-refractivity contribution in [2.24, 2.45) is 7.05 Å².